The number of carbonyl (C=O) groups is 1. The summed E-state index contributed by atoms with van der Waals surface area (Å²) < 4.78 is 0. The summed E-state index contributed by atoms with van der Waals surface area (Å²) in [5.41, 5.74) is 2.28. The van der Waals surface area contributed by atoms with Crippen LogP contribution in [0.5, 0.6) is 0 Å². The largest absolute Gasteiger partial charge is 0.341 e. The highest BCUT2D eigenvalue weighted by Crippen LogP contribution is 2.07. The molecule has 0 unspecified atom stereocenters. The number of likely N-dealkylation sites (N-methyl/N-ethyl adjacent to an activating group) is 1. The Morgan fingerprint density at radius 3 is 2.56 bits per heavy atom. The summed E-state index contributed by atoms with van der Waals surface area (Å²) in [5.74, 6) is -0.0164. The minimum atomic E-state index is -0.0533. The highest BCUT2D eigenvalue weighted by molar-refractivity contribution is 6.27. The van der Waals surface area contributed by atoms with Crippen LogP contribution >= 0.6 is 11.6 Å². The molecule has 86 valence electrons. The second-order valence-electron chi connectivity index (χ2n) is 3.78. The van der Waals surface area contributed by atoms with Gasteiger partial charge in [0.2, 0.25) is 5.91 Å². The normalized spacial score (nSPS) is 11.3. The van der Waals surface area contributed by atoms with Gasteiger partial charge in [0, 0.05) is 13.6 Å². The third kappa shape index (κ3) is 4.07. The molecule has 0 heterocycles. The van der Waals surface area contributed by atoms with E-state index in [2.05, 4.69) is 6.08 Å². The van der Waals surface area contributed by atoms with E-state index in [1.54, 1.807) is 11.9 Å². The van der Waals surface area contributed by atoms with Crippen LogP contribution in [0.4, 0.5) is 0 Å². The van der Waals surface area contributed by atoms with Gasteiger partial charge in [0.15, 0.2) is 0 Å². The van der Waals surface area contributed by atoms with Crippen LogP contribution in [0, 0.1) is 0 Å². The molecule has 0 saturated heterocycles. The molecule has 0 bridgehead atoms. The summed E-state index contributed by atoms with van der Waals surface area (Å²) >= 11 is 5.48. The number of alkyl halides is 1. The van der Waals surface area contributed by atoms with Gasteiger partial charge >= 0.3 is 0 Å². The van der Waals surface area contributed by atoms with E-state index in [4.69, 9.17) is 11.6 Å². The Morgan fingerprint density at radius 2 is 2.00 bits per heavy atom. The lowest BCUT2D eigenvalue weighted by Gasteiger charge is -2.15. The number of carbonyl (C=O) groups excluding carboxylic acids is 1. The first-order valence-electron chi connectivity index (χ1n) is 5.15. The van der Waals surface area contributed by atoms with Crippen LogP contribution in [0.3, 0.4) is 0 Å². The van der Waals surface area contributed by atoms with Crippen molar-refractivity contribution in [2.45, 2.75) is 6.92 Å². The van der Waals surface area contributed by atoms with Crippen molar-refractivity contribution in [2.75, 3.05) is 19.5 Å². The standard InChI is InChI=1S/C13H16ClNO/c1-11(10-15(2)13(16)9-14)8-12-6-4-3-5-7-12/h3-8H,9-10H2,1-2H3/b11-8+. The fourth-order valence-electron chi connectivity index (χ4n) is 1.44. The first kappa shape index (κ1) is 12.8. The Morgan fingerprint density at radius 1 is 1.38 bits per heavy atom. The predicted octanol–water partition coefficient (Wildman–Crippen LogP) is 2.79. The monoisotopic (exact) mass is 237 g/mol. The van der Waals surface area contributed by atoms with Crippen LogP contribution in [0.25, 0.3) is 6.08 Å². The summed E-state index contributed by atoms with van der Waals surface area (Å²) in [6.07, 6.45) is 2.07. The van der Waals surface area contributed by atoms with Crippen molar-refractivity contribution in [3.8, 4) is 0 Å². The summed E-state index contributed by atoms with van der Waals surface area (Å²) in [6, 6.07) is 10.0. The van der Waals surface area contributed by atoms with Gasteiger partial charge in [-0.05, 0) is 12.5 Å². The fourth-order valence-corrected chi connectivity index (χ4v) is 1.65. The van der Waals surface area contributed by atoms with Crippen LogP contribution in [0.2, 0.25) is 0 Å². The van der Waals surface area contributed by atoms with Gasteiger partial charge in [-0.3, -0.25) is 4.79 Å². The van der Waals surface area contributed by atoms with Crippen molar-refractivity contribution in [1.82, 2.24) is 4.90 Å². The summed E-state index contributed by atoms with van der Waals surface area (Å²) in [5, 5.41) is 0. The first-order chi connectivity index (χ1) is 7.63. The van der Waals surface area contributed by atoms with Crippen LogP contribution in [-0.2, 0) is 4.79 Å². The molecule has 1 aromatic rings. The molecule has 0 fully saturated rings. The molecule has 0 spiro atoms. The maximum absolute atomic E-state index is 11.3. The van der Waals surface area contributed by atoms with Crippen LogP contribution in [-0.4, -0.2) is 30.3 Å². The number of amides is 1. The number of hydrogen-bond acceptors (Lipinski definition) is 1. The Bertz CT molecular complexity index is 373. The van der Waals surface area contributed by atoms with Crippen LogP contribution in [0.15, 0.2) is 35.9 Å². The maximum Gasteiger partial charge on any atom is 0.237 e. The zero-order chi connectivity index (χ0) is 12.0. The van der Waals surface area contributed by atoms with Gasteiger partial charge in [0.25, 0.3) is 0 Å². The first-order valence-corrected chi connectivity index (χ1v) is 5.69. The molecule has 1 amide bonds. The lowest BCUT2D eigenvalue weighted by molar-refractivity contribution is -0.126. The molecule has 0 radical (unpaired) electrons. The van der Waals surface area contributed by atoms with E-state index in [0.717, 1.165) is 11.1 Å². The average Bonchev–Trinajstić information content (AvgIpc) is 2.29. The molecule has 0 aromatic heterocycles. The van der Waals surface area contributed by atoms with Crippen molar-refractivity contribution >= 4 is 23.6 Å². The Kier molecular flexibility index (Phi) is 5.06. The minimum absolute atomic E-state index is 0.0368. The quantitative estimate of drug-likeness (QED) is 0.738. The zero-order valence-corrected chi connectivity index (χ0v) is 10.4. The van der Waals surface area contributed by atoms with Gasteiger partial charge in [-0.2, -0.15) is 0 Å². The van der Waals surface area contributed by atoms with Crippen molar-refractivity contribution in [3.05, 3.63) is 41.5 Å². The van der Waals surface area contributed by atoms with E-state index in [0.29, 0.717) is 6.54 Å². The summed E-state index contributed by atoms with van der Waals surface area (Å²) in [4.78, 5) is 12.9. The van der Waals surface area contributed by atoms with Crippen LogP contribution in [0.1, 0.15) is 12.5 Å². The molecule has 1 aromatic carbocycles. The Balaban J connectivity index is 2.62. The lowest BCUT2D eigenvalue weighted by Crippen LogP contribution is -2.29. The molecule has 0 atom stereocenters. The van der Waals surface area contributed by atoms with Gasteiger partial charge in [-0.1, -0.05) is 42.0 Å². The van der Waals surface area contributed by atoms with Gasteiger partial charge in [-0.15, -0.1) is 11.6 Å². The molecule has 16 heavy (non-hydrogen) atoms. The fraction of sp³-hybridized carbons (Fsp3) is 0.308. The molecule has 2 nitrogen and oxygen atoms in total. The van der Waals surface area contributed by atoms with E-state index in [-0.39, 0.29) is 11.8 Å². The topological polar surface area (TPSA) is 20.3 Å². The number of hydrogen-bond donors (Lipinski definition) is 0. The molecule has 0 aliphatic rings. The zero-order valence-electron chi connectivity index (χ0n) is 9.61. The van der Waals surface area contributed by atoms with Gasteiger partial charge < -0.3 is 4.90 Å². The van der Waals surface area contributed by atoms with Crippen molar-refractivity contribution in [3.63, 3.8) is 0 Å². The predicted molar refractivity (Wildman–Crippen MR) is 68.5 cm³/mol. The third-order valence-corrected chi connectivity index (χ3v) is 2.47. The van der Waals surface area contributed by atoms with E-state index >= 15 is 0 Å². The Hall–Kier alpha value is -1.28. The average molecular weight is 238 g/mol. The van der Waals surface area contributed by atoms with Crippen LogP contribution < -0.4 is 0 Å². The molecule has 0 aliphatic carbocycles. The van der Waals surface area contributed by atoms with Gasteiger partial charge in [0.05, 0.1) is 0 Å². The molecule has 1 rings (SSSR count). The van der Waals surface area contributed by atoms with Gasteiger partial charge in [0.1, 0.15) is 5.88 Å². The number of benzene rings is 1. The van der Waals surface area contributed by atoms with Crippen molar-refractivity contribution in [2.24, 2.45) is 0 Å². The number of nitrogens with zero attached hydrogens (tertiary/aromatic N) is 1. The highest BCUT2D eigenvalue weighted by Gasteiger charge is 2.06. The van der Waals surface area contributed by atoms with E-state index < -0.39 is 0 Å². The number of halogens is 1. The molecule has 0 N–H and O–H groups in total. The SMILES string of the molecule is C/C(=C\c1ccccc1)CN(C)C(=O)CCl. The summed E-state index contributed by atoms with van der Waals surface area (Å²) in [6.45, 7) is 2.62. The van der Waals surface area contributed by atoms with Crippen molar-refractivity contribution in [1.29, 1.82) is 0 Å². The second-order valence-corrected chi connectivity index (χ2v) is 4.05. The summed E-state index contributed by atoms with van der Waals surface area (Å²) in [7, 11) is 1.76. The third-order valence-electron chi connectivity index (χ3n) is 2.24. The van der Waals surface area contributed by atoms with Crippen molar-refractivity contribution < 1.29 is 4.79 Å². The van der Waals surface area contributed by atoms with E-state index in [1.165, 1.54) is 0 Å². The molecule has 0 aliphatic heterocycles. The Labute approximate surface area is 102 Å². The lowest BCUT2D eigenvalue weighted by atomic mass is 10.1. The number of rotatable bonds is 4. The smallest absolute Gasteiger partial charge is 0.237 e. The molecule has 0 saturated carbocycles. The van der Waals surface area contributed by atoms with Gasteiger partial charge in [-0.25, -0.2) is 0 Å². The second kappa shape index (κ2) is 6.33. The molecular formula is C13H16ClNO. The van der Waals surface area contributed by atoms with E-state index in [1.807, 2.05) is 37.3 Å². The minimum Gasteiger partial charge on any atom is -0.341 e. The molecule has 3 heteroatoms. The maximum atomic E-state index is 11.3. The highest BCUT2D eigenvalue weighted by atomic mass is 35.5. The molecular weight excluding hydrogens is 222 g/mol. The van der Waals surface area contributed by atoms with E-state index in [9.17, 15) is 4.79 Å².